The molecule has 0 saturated carbocycles. The van der Waals surface area contributed by atoms with Gasteiger partial charge in [-0.25, -0.2) is 0 Å². The number of benzene rings is 2. The summed E-state index contributed by atoms with van der Waals surface area (Å²) in [5, 5.41) is 16.9. The van der Waals surface area contributed by atoms with Crippen LogP contribution >= 0.6 is 0 Å². The van der Waals surface area contributed by atoms with Gasteiger partial charge in [0.05, 0.1) is 24.7 Å². The van der Waals surface area contributed by atoms with Crippen LogP contribution in [0.25, 0.3) is 11.3 Å². The first-order valence-corrected chi connectivity index (χ1v) is 8.10. The van der Waals surface area contributed by atoms with Crippen LogP contribution in [-0.4, -0.2) is 9.78 Å². The average Bonchev–Trinajstić information content (AvgIpc) is 3.05. The Morgan fingerprint density at radius 3 is 2.38 bits per heavy atom. The predicted molar refractivity (Wildman–Crippen MR) is 94.9 cm³/mol. The lowest BCUT2D eigenvalue weighted by Crippen LogP contribution is -2.12. The molecule has 1 heterocycles. The second kappa shape index (κ2) is 8.09. The normalized spacial score (nSPS) is 10.5. The summed E-state index contributed by atoms with van der Waals surface area (Å²) in [5.41, 5.74) is 4.49. The summed E-state index contributed by atoms with van der Waals surface area (Å²) in [7, 11) is 0. The van der Waals surface area contributed by atoms with Crippen LogP contribution in [0.4, 0.5) is 0 Å². The number of rotatable bonds is 7. The molecule has 0 fully saturated rings. The van der Waals surface area contributed by atoms with Crippen LogP contribution in [0.1, 0.15) is 17.5 Å². The second-order valence-corrected chi connectivity index (χ2v) is 5.63. The minimum Gasteiger partial charge on any atom is -0.308 e. The Hall–Kier alpha value is -2.90. The number of nitrogens with zero attached hydrogens (tertiary/aromatic N) is 3. The molecular formula is C20H20N4. The van der Waals surface area contributed by atoms with Gasteiger partial charge in [0.1, 0.15) is 0 Å². The van der Waals surface area contributed by atoms with E-state index >= 15 is 0 Å². The monoisotopic (exact) mass is 316 g/mol. The third-order valence-corrected chi connectivity index (χ3v) is 3.82. The van der Waals surface area contributed by atoms with Gasteiger partial charge in [0.15, 0.2) is 0 Å². The van der Waals surface area contributed by atoms with Crippen LogP contribution < -0.4 is 5.32 Å². The Kier molecular flexibility index (Phi) is 5.39. The Balaban J connectivity index is 1.75. The van der Waals surface area contributed by atoms with Crippen molar-refractivity contribution in [1.82, 2.24) is 15.1 Å². The summed E-state index contributed by atoms with van der Waals surface area (Å²) >= 11 is 0. The van der Waals surface area contributed by atoms with E-state index in [1.807, 2.05) is 47.3 Å². The molecule has 1 N–H and O–H groups in total. The second-order valence-electron chi connectivity index (χ2n) is 5.63. The molecule has 120 valence electrons. The van der Waals surface area contributed by atoms with E-state index in [1.54, 1.807) is 0 Å². The maximum absolute atomic E-state index is 8.78. The molecule has 2 aromatic carbocycles. The topological polar surface area (TPSA) is 53.6 Å². The summed E-state index contributed by atoms with van der Waals surface area (Å²) in [6.07, 6.45) is 2.50. The molecule has 1 aromatic heterocycles. The van der Waals surface area contributed by atoms with E-state index in [2.05, 4.69) is 40.8 Å². The first-order chi connectivity index (χ1) is 11.9. The molecule has 4 nitrogen and oxygen atoms in total. The molecule has 0 unspecified atom stereocenters. The van der Waals surface area contributed by atoms with E-state index < -0.39 is 0 Å². The van der Waals surface area contributed by atoms with Crippen LogP contribution in [0.2, 0.25) is 0 Å². The van der Waals surface area contributed by atoms with Gasteiger partial charge in [-0.3, -0.25) is 4.68 Å². The highest BCUT2D eigenvalue weighted by molar-refractivity contribution is 5.62. The van der Waals surface area contributed by atoms with Crippen molar-refractivity contribution in [3.63, 3.8) is 0 Å². The lowest BCUT2D eigenvalue weighted by atomic mass is 10.1. The maximum atomic E-state index is 8.78. The van der Waals surface area contributed by atoms with Crippen LogP contribution in [0.5, 0.6) is 0 Å². The number of aryl methyl sites for hydroxylation is 1. The van der Waals surface area contributed by atoms with Gasteiger partial charge >= 0.3 is 0 Å². The first kappa shape index (κ1) is 16.0. The number of hydrogen-bond donors (Lipinski definition) is 1. The van der Waals surface area contributed by atoms with Crippen LogP contribution in [0.3, 0.4) is 0 Å². The lowest BCUT2D eigenvalue weighted by Gasteiger charge is -2.05. The van der Waals surface area contributed by atoms with Gasteiger partial charge in [0.2, 0.25) is 0 Å². The van der Waals surface area contributed by atoms with E-state index in [4.69, 9.17) is 5.26 Å². The summed E-state index contributed by atoms with van der Waals surface area (Å²) in [6.45, 7) is 2.18. The summed E-state index contributed by atoms with van der Waals surface area (Å²) in [6, 6.07) is 22.7. The van der Waals surface area contributed by atoms with Gasteiger partial charge in [-0.1, -0.05) is 60.7 Å². The zero-order valence-corrected chi connectivity index (χ0v) is 13.5. The van der Waals surface area contributed by atoms with Crippen LogP contribution in [0, 0.1) is 11.3 Å². The summed E-state index contributed by atoms with van der Waals surface area (Å²) in [5.74, 6) is 0. The molecule has 0 saturated heterocycles. The maximum Gasteiger partial charge on any atom is 0.0968 e. The fourth-order valence-corrected chi connectivity index (χ4v) is 2.65. The molecule has 4 heteroatoms. The highest BCUT2D eigenvalue weighted by Gasteiger charge is 2.10. The molecule has 24 heavy (non-hydrogen) atoms. The molecule has 0 aliphatic carbocycles. The Labute approximate surface area is 142 Å². The van der Waals surface area contributed by atoms with Crippen LogP contribution in [-0.2, 0) is 19.6 Å². The average molecular weight is 316 g/mol. The zero-order chi connectivity index (χ0) is 16.6. The van der Waals surface area contributed by atoms with Crippen molar-refractivity contribution in [1.29, 1.82) is 5.26 Å². The van der Waals surface area contributed by atoms with Crippen molar-refractivity contribution in [2.45, 2.75) is 26.1 Å². The smallest absolute Gasteiger partial charge is 0.0968 e. The summed E-state index contributed by atoms with van der Waals surface area (Å²) < 4.78 is 1.87. The number of nitriles is 1. The van der Waals surface area contributed by atoms with Crippen molar-refractivity contribution in [2.24, 2.45) is 0 Å². The molecule has 0 radical (unpaired) electrons. The van der Waals surface area contributed by atoms with E-state index in [0.29, 0.717) is 13.0 Å². The van der Waals surface area contributed by atoms with E-state index in [-0.39, 0.29) is 0 Å². The van der Waals surface area contributed by atoms with E-state index in [0.717, 1.165) is 29.9 Å². The number of aromatic nitrogens is 2. The van der Waals surface area contributed by atoms with Crippen molar-refractivity contribution < 1.29 is 0 Å². The van der Waals surface area contributed by atoms with E-state index in [9.17, 15) is 0 Å². The highest BCUT2D eigenvalue weighted by Crippen LogP contribution is 2.22. The zero-order valence-electron chi connectivity index (χ0n) is 13.5. The fourth-order valence-electron chi connectivity index (χ4n) is 2.65. The molecule has 0 atom stereocenters. The van der Waals surface area contributed by atoms with Gasteiger partial charge in [-0.15, -0.1) is 0 Å². The Morgan fingerprint density at radius 2 is 1.67 bits per heavy atom. The van der Waals surface area contributed by atoms with Gasteiger partial charge in [-0.05, 0) is 5.56 Å². The van der Waals surface area contributed by atoms with Gasteiger partial charge in [-0.2, -0.15) is 10.4 Å². The first-order valence-electron chi connectivity index (χ1n) is 8.10. The fraction of sp³-hybridized carbons (Fsp3) is 0.200. The molecular weight excluding hydrogens is 296 g/mol. The number of nitrogens with one attached hydrogen (secondary N) is 1. The molecule has 3 aromatic rings. The van der Waals surface area contributed by atoms with Gasteiger partial charge < -0.3 is 5.32 Å². The quantitative estimate of drug-likeness (QED) is 0.722. The minimum absolute atomic E-state index is 0.465. The van der Waals surface area contributed by atoms with Gasteiger partial charge in [0, 0.05) is 30.4 Å². The standard InChI is InChI=1S/C20H20N4/c21-12-7-13-24-16-19(15-22-14-17-8-3-1-4-9-17)20(23-24)18-10-5-2-6-11-18/h1-6,8-11,16,22H,7,13-15H2. The Morgan fingerprint density at radius 1 is 0.958 bits per heavy atom. The minimum atomic E-state index is 0.465. The van der Waals surface area contributed by atoms with Crippen molar-refractivity contribution in [3.8, 4) is 17.3 Å². The van der Waals surface area contributed by atoms with Crippen LogP contribution in [0.15, 0.2) is 66.9 Å². The molecule has 0 amide bonds. The van der Waals surface area contributed by atoms with Gasteiger partial charge in [0.25, 0.3) is 0 Å². The van der Waals surface area contributed by atoms with Crippen molar-refractivity contribution >= 4 is 0 Å². The largest absolute Gasteiger partial charge is 0.308 e. The summed E-state index contributed by atoms with van der Waals surface area (Å²) in [4.78, 5) is 0. The highest BCUT2D eigenvalue weighted by atomic mass is 15.3. The molecule has 3 rings (SSSR count). The SMILES string of the molecule is N#CCCn1cc(CNCc2ccccc2)c(-c2ccccc2)n1. The number of hydrogen-bond acceptors (Lipinski definition) is 3. The van der Waals surface area contributed by atoms with Crippen molar-refractivity contribution in [2.75, 3.05) is 0 Å². The molecule has 0 bridgehead atoms. The lowest BCUT2D eigenvalue weighted by molar-refractivity contribution is 0.627. The predicted octanol–water partition coefficient (Wildman–Crippen LogP) is 3.75. The van der Waals surface area contributed by atoms with E-state index in [1.165, 1.54) is 5.56 Å². The molecule has 0 aliphatic heterocycles. The third-order valence-electron chi connectivity index (χ3n) is 3.82. The Bertz CT molecular complexity index is 801. The molecule has 0 aliphatic rings. The third kappa shape index (κ3) is 4.09. The molecule has 0 spiro atoms. The van der Waals surface area contributed by atoms with Crippen molar-refractivity contribution in [3.05, 3.63) is 78.0 Å².